The fourth-order valence-corrected chi connectivity index (χ4v) is 3.75. The standard InChI is InChI=1S/C24H18ClF2NO2/c25-18-11-13-19(14-12-18)28-21(17-9-5-2-6-10-17)20(24(28)29)22(23(26)27)30-15-16-7-3-1-4-8-16/h1-14,20-21H,15H2/t20-,21-/m1/s1. The molecule has 4 rings (SSSR count). The Morgan fingerprint density at radius 1 is 0.900 bits per heavy atom. The van der Waals surface area contributed by atoms with Crippen molar-refractivity contribution in [3.05, 3.63) is 113 Å². The highest BCUT2D eigenvalue weighted by molar-refractivity contribution is 6.30. The molecular formula is C24H18ClF2NO2. The number of benzene rings is 3. The Balaban J connectivity index is 1.67. The molecule has 0 N–H and O–H groups in total. The zero-order valence-electron chi connectivity index (χ0n) is 15.8. The molecule has 0 bridgehead atoms. The number of β-lactam (4-membered cyclic amide) rings is 1. The van der Waals surface area contributed by atoms with Crippen molar-refractivity contribution in [3.63, 3.8) is 0 Å². The Bertz CT molecular complexity index is 1050. The molecule has 0 spiro atoms. The fraction of sp³-hybridized carbons (Fsp3) is 0.125. The van der Waals surface area contributed by atoms with E-state index in [1.165, 1.54) is 4.90 Å². The van der Waals surface area contributed by atoms with Crippen LogP contribution in [-0.2, 0) is 16.1 Å². The Morgan fingerprint density at radius 3 is 2.10 bits per heavy atom. The Kier molecular flexibility index (Phi) is 5.81. The van der Waals surface area contributed by atoms with Crippen LogP contribution in [0.5, 0.6) is 0 Å². The average molecular weight is 426 g/mol. The van der Waals surface area contributed by atoms with E-state index < -0.39 is 29.7 Å². The number of carbonyl (C=O) groups is 1. The number of amides is 1. The van der Waals surface area contributed by atoms with Gasteiger partial charge in [-0.05, 0) is 35.4 Å². The van der Waals surface area contributed by atoms with Crippen LogP contribution in [-0.4, -0.2) is 5.91 Å². The van der Waals surface area contributed by atoms with Gasteiger partial charge in [0.05, 0.1) is 6.04 Å². The molecule has 2 atom stereocenters. The zero-order valence-corrected chi connectivity index (χ0v) is 16.6. The number of carbonyl (C=O) groups excluding carboxylic acids is 1. The molecule has 0 unspecified atom stereocenters. The van der Waals surface area contributed by atoms with E-state index in [0.29, 0.717) is 10.7 Å². The first-order valence-corrected chi connectivity index (χ1v) is 9.79. The maximum absolute atomic E-state index is 13.9. The maximum Gasteiger partial charge on any atom is 0.308 e. The van der Waals surface area contributed by atoms with E-state index in [4.69, 9.17) is 16.3 Å². The second-order valence-electron chi connectivity index (χ2n) is 6.92. The molecule has 0 aromatic heterocycles. The van der Waals surface area contributed by atoms with Gasteiger partial charge in [-0.25, -0.2) is 0 Å². The van der Waals surface area contributed by atoms with Gasteiger partial charge in [-0.1, -0.05) is 72.3 Å². The number of rotatable bonds is 6. The summed E-state index contributed by atoms with van der Waals surface area (Å²) in [7, 11) is 0. The van der Waals surface area contributed by atoms with Crippen LogP contribution in [0.25, 0.3) is 0 Å². The lowest BCUT2D eigenvalue weighted by Gasteiger charge is -2.47. The monoisotopic (exact) mass is 425 g/mol. The van der Waals surface area contributed by atoms with E-state index in [9.17, 15) is 13.6 Å². The number of ether oxygens (including phenoxy) is 1. The van der Waals surface area contributed by atoms with Gasteiger partial charge in [0.1, 0.15) is 12.5 Å². The summed E-state index contributed by atoms with van der Waals surface area (Å²) in [4.78, 5) is 14.5. The molecule has 30 heavy (non-hydrogen) atoms. The lowest BCUT2D eigenvalue weighted by molar-refractivity contribution is -0.131. The van der Waals surface area contributed by atoms with Crippen molar-refractivity contribution in [1.82, 2.24) is 0 Å². The summed E-state index contributed by atoms with van der Waals surface area (Å²) >= 11 is 5.96. The Morgan fingerprint density at radius 2 is 1.50 bits per heavy atom. The molecule has 3 nitrogen and oxygen atoms in total. The quantitative estimate of drug-likeness (QED) is 0.339. The van der Waals surface area contributed by atoms with Crippen molar-refractivity contribution in [2.24, 2.45) is 5.92 Å². The molecule has 1 heterocycles. The molecular weight excluding hydrogens is 408 g/mol. The zero-order chi connectivity index (χ0) is 21.1. The maximum atomic E-state index is 13.9. The van der Waals surface area contributed by atoms with Crippen molar-refractivity contribution in [2.75, 3.05) is 4.90 Å². The van der Waals surface area contributed by atoms with Crippen LogP contribution in [0.15, 0.2) is 96.8 Å². The highest BCUT2D eigenvalue weighted by Gasteiger charge is 2.53. The summed E-state index contributed by atoms with van der Waals surface area (Å²) in [5, 5.41) is 0.529. The van der Waals surface area contributed by atoms with E-state index in [2.05, 4.69) is 0 Å². The van der Waals surface area contributed by atoms with Crippen LogP contribution >= 0.6 is 11.6 Å². The lowest BCUT2D eigenvalue weighted by Crippen LogP contribution is -2.56. The summed E-state index contributed by atoms with van der Waals surface area (Å²) in [6.45, 7) is -0.0419. The largest absolute Gasteiger partial charge is 0.487 e. The number of anilines is 1. The van der Waals surface area contributed by atoms with Crippen LogP contribution in [0.3, 0.4) is 0 Å². The van der Waals surface area contributed by atoms with Crippen LogP contribution < -0.4 is 4.90 Å². The molecule has 1 amide bonds. The minimum absolute atomic E-state index is 0.0419. The first-order valence-electron chi connectivity index (χ1n) is 9.41. The van der Waals surface area contributed by atoms with E-state index in [1.807, 2.05) is 36.4 Å². The van der Waals surface area contributed by atoms with Crippen LogP contribution in [0.2, 0.25) is 5.02 Å². The molecule has 3 aromatic carbocycles. The first kappa shape index (κ1) is 20.1. The minimum Gasteiger partial charge on any atom is -0.487 e. The predicted molar refractivity (Wildman–Crippen MR) is 112 cm³/mol. The molecule has 3 aromatic rings. The van der Waals surface area contributed by atoms with Gasteiger partial charge in [-0.3, -0.25) is 4.79 Å². The molecule has 0 radical (unpaired) electrons. The van der Waals surface area contributed by atoms with Crippen molar-refractivity contribution in [1.29, 1.82) is 0 Å². The minimum atomic E-state index is -1.99. The first-order chi connectivity index (χ1) is 14.6. The molecule has 1 saturated heterocycles. The van der Waals surface area contributed by atoms with E-state index >= 15 is 0 Å². The summed E-state index contributed by atoms with van der Waals surface area (Å²) in [5.74, 6) is -2.12. The summed E-state index contributed by atoms with van der Waals surface area (Å²) in [6, 6.07) is 24.2. The van der Waals surface area contributed by atoms with Gasteiger partial charge in [-0.2, -0.15) is 8.78 Å². The second-order valence-corrected chi connectivity index (χ2v) is 7.35. The Labute approximate surface area is 178 Å². The van der Waals surface area contributed by atoms with Crippen molar-refractivity contribution >= 4 is 23.2 Å². The lowest BCUT2D eigenvalue weighted by atomic mass is 9.80. The number of hydrogen-bond acceptors (Lipinski definition) is 2. The highest BCUT2D eigenvalue weighted by atomic mass is 35.5. The van der Waals surface area contributed by atoms with Crippen molar-refractivity contribution in [3.8, 4) is 0 Å². The smallest absolute Gasteiger partial charge is 0.308 e. The fourth-order valence-electron chi connectivity index (χ4n) is 3.62. The van der Waals surface area contributed by atoms with Gasteiger partial charge >= 0.3 is 6.08 Å². The molecule has 0 saturated carbocycles. The molecule has 0 aliphatic carbocycles. The van der Waals surface area contributed by atoms with Crippen LogP contribution in [0.4, 0.5) is 14.5 Å². The summed E-state index contributed by atoms with van der Waals surface area (Å²) in [5.41, 5.74) is 2.09. The Hall–Kier alpha value is -3.18. The average Bonchev–Trinajstić information content (AvgIpc) is 2.77. The van der Waals surface area contributed by atoms with E-state index in [-0.39, 0.29) is 6.61 Å². The third-order valence-electron chi connectivity index (χ3n) is 5.05. The topological polar surface area (TPSA) is 29.5 Å². The van der Waals surface area contributed by atoms with Crippen LogP contribution in [0.1, 0.15) is 17.2 Å². The number of nitrogens with zero attached hydrogens (tertiary/aromatic N) is 1. The van der Waals surface area contributed by atoms with E-state index in [1.54, 1.807) is 48.5 Å². The normalized spacial score (nSPS) is 18.0. The SMILES string of the molecule is O=C1[C@@H](C(OCc2ccccc2)=C(F)F)[C@@H](c2ccccc2)N1c1ccc(Cl)cc1. The summed E-state index contributed by atoms with van der Waals surface area (Å²) < 4.78 is 33.2. The van der Waals surface area contributed by atoms with Gasteiger partial charge in [-0.15, -0.1) is 0 Å². The van der Waals surface area contributed by atoms with Crippen LogP contribution in [0, 0.1) is 5.92 Å². The molecule has 1 fully saturated rings. The molecule has 6 heteroatoms. The van der Waals surface area contributed by atoms with E-state index in [0.717, 1.165) is 11.1 Å². The van der Waals surface area contributed by atoms with Crippen molar-refractivity contribution in [2.45, 2.75) is 12.6 Å². The third kappa shape index (κ3) is 3.94. The predicted octanol–water partition coefficient (Wildman–Crippen LogP) is 6.37. The van der Waals surface area contributed by atoms with Gasteiger partial charge in [0.15, 0.2) is 5.76 Å². The van der Waals surface area contributed by atoms with Gasteiger partial charge in [0.2, 0.25) is 5.91 Å². The molecule has 152 valence electrons. The van der Waals surface area contributed by atoms with Gasteiger partial charge in [0, 0.05) is 10.7 Å². The van der Waals surface area contributed by atoms with Gasteiger partial charge in [0.25, 0.3) is 0 Å². The van der Waals surface area contributed by atoms with Gasteiger partial charge < -0.3 is 9.64 Å². The highest BCUT2D eigenvalue weighted by Crippen LogP contribution is 2.48. The van der Waals surface area contributed by atoms with Crippen molar-refractivity contribution < 1.29 is 18.3 Å². The molecule has 1 aliphatic heterocycles. The second kappa shape index (κ2) is 8.67. The number of halogens is 3. The summed E-state index contributed by atoms with van der Waals surface area (Å²) in [6.07, 6.45) is -1.99. The molecule has 1 aliphatic rings. The third-order valence-corrected chi connectivity index (χ3v) is 5.30. The number of hydrogen-bond donors (Lipinski definition) is 0.